The van der Waals surface area contributed by atoms with Crippen molar-refractivity contribution in [2.75, 3.05) is 13.2 Å². The summed E-state index contributed by atoms with van der Waals surface area (Å²) in [5.41, 5.74) is 5.91. The first-order valence-electron chi connectivity index (χ1n) is 7.50. The molecule has 0 saturated carbocycles. The molecule has 2 N–H and O–H groups in total. The number of benzene rings is 1. The first-order valence-corrected chi connectivity index (χ1v) is 7.50. The van der Waals surface area contributed by atoms with Gasteiger partial charge in [0.05, 0.1) is 5.69 Å². The zero-order valence-corrected chi connectivity index (χ0v) is 12.5. The van der Waals surface area contributed by atoms with Gasteiger partial charge in [-0.2, -0.15) is 5.01 Å². The smallest absolute Gasteiger partial charge is 0.124 e. The maximum absolute atomic E-state index is 13.7. The molecule has 1 aromatic heterocycles. The molecule has 0 radical (unpaired) electrons. The van der Waals surface area contributed by atoms with Crippen molar-refractivity contribution >= 4 is 0 Å². The maximum Gasteiger partial charge on any atom is 0.124 e. The number of hydrogen-bond donors (Lipinski definition) is 2. The monoisotopic (exact) mass is 301 g/mol. The van der Waals surface area contributed by atoms with Gasteiger partial charge in [0.15, 0.2) is 0 Å². The number of aliphatic hydroxyl groups is 1. The van der Waals surface area contributed by atoms with Gasteiger partial charge in [0.2, 0.25) is 0 Å². The van der Waals surface area contributed by atoms with Gasteiger partial charge in [-0.1, -0.05) is 13.0 Å². The van der Waals surface area contributed by atoms with Crippen molar-refractivity contribution in [3.63, 3.8) is 0 Å². The molecule has 0 amide bonds. The Balaban J connectivity index is 2.05. The Morgan fingerprint density at radius 2 is 2.18 bits per heavy atom. The summed E-state index contributed by atoms with van der Waals surface area (Å²) in [6.45, 7) is 2.97. The van der Waals surface area contributed by atoms with Gasteiger partial charge in [-0.05, 0) is 42.3 Å². The molecule has 0 bridgehead atoms. The molecule has 0 spiro atoms. The molecule has 0 fully saturated rings. The van der Waals surface area contributed by atoms with Crippen molar-refractivity contribution < 1.29 is 9.50 Å². The molecular formula is C17H20FN3O. The van der Waals surface area contributed by atoms with Gasteiger partial charge in [-0.3, -0.25) is 0 Å². The Hall–Kier alpha value is -2.11. The number of hydrazine groups is 1. The molecule has 22 heavy (non-hydrogen) atoms. The highest BCUT2D eigenvalue weighted by molar-refractivity contribution is 5.65. The number of halogens is 1. The third-order valence-corrected chi connectivity index (χ3v) is 3.96. The molecule has 2 heterocycles. The van der Waals surface area contributed by atoms with Gasteiger partial charge in [0, 0.05) is 31.1 Å². The number of aromatic nitrogens is 1. The van der Waals surface area contributed by atoms with E-state index in [-0.39, 0.29) is 18.6 Å². The van der Waals surface area contributed by atoms with Gasteiger partial charge in [0.25, 0.3) is 0 Å². The zero-order valence-electron chi connectivity index (χ0n) is 12.5. The Morgan fingerprint density at radius 1 is 1.32 bits per heavy atom. The van der Waals surface area contributed by atoms with Crippen molar-refractivity contribution in [3.05, 3.63) is 60.2 Å². The fraction of sp³-hybridized carbons (Fsp3) is 0.294. The Kier molecular flexibility index (Phi) is 4.27. The average molecular weight is 301 g/mol. The molecule has 0 unspecified atom stereocenters. The molecule has 0 aliphatic carbocycles. The summed E-state index contributed by atoms with van der Waals surface area (Å²) in [5, 5.41) is 11.3. The summed E-state index contributed by atoms with van der Waals surface area (Å²) in [5.74, 6) is -0.267. The summed E-state index contributed by atoms with van der Waals surface area (Å²) in [4.78, 5) is 0. The number of aliphatic hydroxyl groups excluding tert-OH is 1. The van der Waals surface area contributed by atoms with E-state index < -0.39 is 0 Å². The van der Waals surface area contributed by atoms with Crippen LogP contribution in [0.2, 0.25) is 0 Å². The van der Waals surface area contributed by atoms with Crippen LogP contribution in [0.5, 0.6) is 0 Å². The predicted octanol–water partition coefficient (Wildman–Crippen LogP) is 2.68. The Labute approximate surface area is 129 Å². The minimum Gasteiger partial charge on any atom is -0.396 e. The first-order chi connectivity index (χ1) is 10.7. The van der Waals surface area contributed by atoms with Crippen molar-refractivity contribution in [1.29, 1.82) is 0 Å². The molecule has 5 heteroatoms. The Bertz CT molecular complexity index is 680. The van der Waals surface area contributed by atoms with Crippen LogP contribution in [0.15, 0.2) is 48.8 Å². The fourth-order valence-electron chi connectivity index (χ4n) is 2.90. The van der Waals surface area contributed by atoms with Crippen molar-refractivity contribution in [3.8, 4) is 11.3 Å². The zero-order chi connectivity index (χ0) is 15.5. The number of rotatable bonds is 5. The second-order valence-electron chi connectivity index (χ2n) is 5.26. The van der Waals surface area contributed by atoms with Gasteiger partial charge in [-0.25, -0.2) is 4.39 Å². The van der Waals surface area contributed by atoms with E-state index in [1.165, 1.54) is 6.07 Å². The van der Waals surface area contributed by atoms with Crippen LogP contribution in [0.1, 0.15) is 18.7 Å². The van der Waals surface area contributed by atoms with E-state index in [0.29, 0.717) is 6.42 Å². The highest BCUT2D eigenvalue weighted by Gasteiger charge is 2.22. The van der Waals surface area contributed by atoms with Crippen LogP contribution in [-0.4, -0.2) is 27.8 Å². The van der Waals surface area contributed by atoms with E-state index >= 15 is 0 Å². The highest BCUT2D eigenvalue weighted by Crippen LogP contribution is 2.30. The second kappa shape index (κ2) is 6.34. The van der Waals surface area contributed by atoms with Gasteiger partial charge in [0.1, 0.15) is 12.0 Å². The summed E-state index contributed by atoms with van der Waals surface area (Å²) in [7, 11) is 0. The van der Waals surface area contributed by atoms with Crippen LogP contribution in [0.25, 0.3) is 11.3 Å². The maximum atomic E-state index is 13.7. The van der Waals surface area contributed by atoms with Crippen molar-refractivity contribution in [2.24, 2.45) is 0 Å². The van der Waals surface area contributed by atoms with Crippen LogP contribution >= 0.6 is 0 Å². The molecule has 1 aromatic carbocycles. The normalized spacial score (nSPS) is 17.9. The lowest BCUT2D eigenvalue weighted by Gasteiger charge is -2.26. The predicted molar refractivity (Wildman–Crippen MR) is 84.3 cm³/mol. The van der Waals surface area contributed by atoms with E-state index in [1.807, 2.05) is 24.5 Å². The van der Waals surface area contributed by atoms with E-state index in [4.69, 9.17) is 0 Å². The molecule has 1 atom stereocenters. The molecular weight excluding hydrogens is 281 g/mol. The average Bonchev–Trinajstić information content (AvgIpc) is 3.16. The summed E-state index contributed by atoms with van der Waals surface area (Å²) in [6.07, 6.45) is 6.54. The molecule has 116 valence electrons. The van der Waals surface area contributed by atoms with Crippen LogP contribution in [0.3, 0.4) is 0 Å². The largest absolute Gasteiger partial charge is 0.396 e. The van der Waals surface area contributed by atoms with Crippen molar-refractivity contribution in [2.45, 2.75) is 19.5 Å². The SMILES string of the molecule is CCN1NC=C[C@@H]1n1cccc1-c1cc(F)ccc1CCO. The molecule has 3 rings (SSSR count). The third-order valence-electron chi connectivity index (χ3n) is 3.96. The summed E-state index contributed by atoms with van der Waals surface area (Å²) in [6, 6.07) is 8.67. The van der Waals surface area contributed by atoms with E-state index in [9.17, 15) is 9.50 Å². The van der Waals surface area contributed by atoms with Gasteiger partial charge < -0.3 is 15.1 Å². The summed E-state index contributed by atoms with van der Waals surface area (Å²) < 4.78 is 15.8. The van der Waals surface area contributed by atoms with Gasteiger partial charge >= 0.3 is 0 Å². The van der Waals surface area contributed by atoms with Crippen LogP contribution < -0.4 is 5.43 Å². The minimum atomic E-state index is -0.267. The van der Waals surface area contributed by atoms with E-state index in [0.717, 1.165) is 23.4 Å². The standard InChI is InChI=1S/C17H20FN3O/c1-2-21-17(7-9-19-21)20-10-3-4-16(20)15-12-14(18)6-5-13(15)8-11-22/h3-7,9-10,12,17,19,22H,2,8,11H2,1H3/t17-/m1/s1. The second-order valence-corrected chi connectivity index (χ2v) is 5.26. The molecule has 4 nitrogen and oxygen atoms in total. The summed E-state index contributed by atoms with van der Waals surface area (Å²) >= 11 is 0. The topological polar surface area (TPSA) is 40.4 Å². The molecule has 0 saturated heterocycles. The van der Waals surface area contributed by atoms with E-state index in [2.05, 4.69) is 28.0 Å². The number of hydrogen-bond acceptors (Lipinski definition) is 3. The van der Waals surface area contributed by atoms with Crippen LogP contribution in [0.4, 0.5) is 4.39 Å². The molecule has 1 aliphatic rings. The third kappa shape index (κ3) is 2.65. The fourth-order valence-corrected chi connectivity index (χ4v) is 2.90. The highest BCUT2D eigenvalue weighted by atomic mass is 19.1. The van der Waals surface area contributed by atoms with Crippen LogP contribution in [0, 0.1) is 5.82 Å². The van der Waals surface area contributed by atoms with E-state index in [1.54, 1.807) is 12.1 Å². The lowest BCUT2D eigenvalue weighted by Crippen LogP contribution is -2.35. The lowest BCUT2D eigenvalue weighted by molar-refractivity contribution is 0.165. The Morgan fingerprint density at radius 3 is 2.95 bits per heavy atom. The minimum absolute atomic E-state index is 0.0469. The number of nitrogens with zero attached hydrogens (tertiary/aromatic N) is 2. The van der Waals surface area contributed by atoms with Crippen molar-refractivity contribution in [1.82, 2.24) is 15.0 Å². The number of likely N-dealkylation sites (N-methyl/N-ethyl adjacent to an activating group) is 1. The lowest BCUT2D eigenvalue weighted by atomic mass is 10.0. The molecule has 2 aromatic rings. The van der Waals surface area contributed by atoms with Crippen LogP contribution in [-0.2, 0) is 6.42 Å². The molecule has 1 aliphatic heterocycles. The quantitative estimate of drug-likeness (QED) is 0.892. The number of nitrogens with one attached hydrogen (secondary N) is 1. The first kappa shape index (κ1) is 14.8. The van der Waals surface area contributed by atoms with Gasteiger partial charge in [-0.15, -0.1) is 0 Å².